The second-order valence-electron chi connectivity index (χ2n) is 13.5. The first-order valence-corrected chi connectivity index (χ1v) is 15.5. The summed E-state index contributed by atoms with van der Waals surface area (Å²) in [6, 6.07) is 0. The molecule has 2 aliphatic heterocycles. The molecule has 0 aromatic carbocycles. The molecule has 4 fully saturated rings. The quantitative estimate of drug-likeness (QED) is 0.275. The molecule has 0 aromatic heterocycles. The summed E-state index contributed by atoms with van der Waals surface area (Å²) in [7, 11) is 0. The molecule has 6 heteroatoms. The molecule has 6 rings (SSSR count). The molecule has 2 saturated carbocycles. The molecule has 220 valence electrons. The van der Waals surface area contributed by atoms with Crippen LogP contribution in [0.2, 0.25) is 0 Å². The fourth-order valence-electron chi connectivity index (χ4n) is 8.92. The Hall–Kier alpha value is -3.54. The van der Waals surface area contributed by atoms with Crippen LogP contribution < -0.4 is 0 Å². The van der Waals surface area contributed by atoms with Crippen LogP contribution in [0.4, 0.5) is 0 Å². The van der Waals surface area contributed by atoms with Crippen LogP contribution in [0.15, 0.2) is 85.6 Å². The van der Waals surface area contributed by atoms with Gasteiger partial charge >= 0.3 is 0 Å². The van der Waals surface area contributed by atoms with E-state index in [1.165, 1.54) is 9.80 Å². The number of hydrogen-bond donors (Lipinski definition) is 0. The van der Waals surface area contributed by atoms with Crippen molar-refractivity contribution in [2.75, 3.05) is 13.1 Å². The van der Waals surface area contributed by atoms with Crippen molar-refractivity contribution < 1.29 is 19.2 Å². The topological polar surface area (TPSA) is 74.8 Å². The predicted molar refractivity (Wildman–Crippen MR) is 162 cm³/mol. The van der Waals surface area contributed by atoms with Gasteiger partial charge in [-0.15, -0.1) is 13.2 Å². The lowest BCUT2D eigenvalue weighted by atomic mass is 9.67. The third-order valence-corrected chi connectivity index (χ3v) is 10.9. The highest BCUT2D eigenvalue weighted by molar-refractivity contribution is 6.07. The van der Waals surface area contributed by atoms with Crippen LogP contribution in [0.5, 0.6) is 0 Å². The minimum absolute atomic E-state index is 0.0677. The number of imide groups is 2. The first-order valence-electron chi connectivity index (χ1n) is 15.5. The van der Waals surface area contributed by atoms with Crippen LogP contribution in [0, 0.1) is 58.7 Å². The predicted octanol–water partition coefficient (Wildman–Crippen LogP) is 5.43. The van der Waals surface area contributed by atoms with E-state index in [-0.39, 0.29) is 95.4 Å². The van der Waals surface area contributed by atoms with E-state index >= 15 is 0 Å². The van der Waals surface area contributed by atoms with Crippen LogP contribution in [-0.4, -0.2) is 46.5 Å². The monoisotopic (exact) mass is 566 g/mol. The molecule has 0 aromatic rings. The summed E-state index contributed by atoms with van der Waals surface area (Å²) >= 11 is 0. The molecule has 4 amide bonds. The average Bonchev–Trinajstić information content (AvgIpc) is 3.55. The summed E-state index contributed by atoms with van der Waals surface area (Å²) in [6.07, 6.45) is 25.2. The Morgan fingerprint density at radius 3 is 2.40 bits per heavy atom. The smallest absolute Gasteiger partial charge is 0.234 e. The van der Waals surface area contributed by atoms with Gasteiger partial charge in [0, 0.05) is 12.5 Å². The Morgan fingerprint density at radius 2 is 1.64 bits per heavy atom. The van der Waals surface area contributed by atoms with Gasteiger partial charge in [0.05, 0.1) is 30.2 Å². The minimum Gasteiger partial charge on any atom is -0.281 e. The van der Waals surface area contributed by atoms with E-state index in [2.05, 4.69) is 45.2 Å². The van der Waals surface area contributed by atoms with Crippen molar-refractivity contribution in [1.29, 1.82) is 0 Å². The fraction of sp³-hybridized carbons (Fsp3) is 0.500. The van der Waals surface area contributed by atoms with Gasteiger partial charge in [0.25, 0.3) is 0 Å². The molecule has 2 heterocycles. The molecule has 6 aliphatic rings. The van der Waals surface area contributed by atoms with E-state index in [4.69, 9.17) is 0 Å². The van der Waals surface area contributed by atoms with Crippen molar-refractivity contribution in [3.8, 4) is 0 Å². The summed E-state index contributed by atoms with van der Waals surface area (Å²) in [5.74, 6) is -1.18. The average molecular weight is 567 g/mol. The lowest BCUT2D eigenvalue weighted by Gasteiger charge is -2.37. The Kier molecular flexibility index (Phi) is 7.44. The molecule has 0 radical (unpaired) electrons. The van der Waals surface area contributed by atoms with Crippen molar-refractivity contribution in [3.05, 3.63) is 85.6 Å². The normalized spacial score (nSPS) is 40.2. The van der Waals surface area contributed by atoms with Gasteiger partial charge in [0.1, 0.15) is 0 Å². The maximum atomic E-state index is 13.8. The Bertz CT molecular complexity index is 1370. The molecule has 4 aliphatic carbocycles. The van der Waals surface area contributed by atoms with E-state index in [0.717, 1.165) is 31.3 Å². The van der Waals surface area contributed by atoms with Gasteiger partial charge in [-0.1, -0.05) is 80.7 Å². The summed E-state index contributed by atoms with van der Waals surface area (Å²) in [5, 5.41) is 0. The second-order valence-corrected chi connectivity index (χ2v) is 13.5. The van der Waals surface area contributed by atoms with Gasteiger partial charge in [-0.3, -0.25) is 29.0 Å². The summed E-state index contributed by atoms with van der Waals surface area (Å²) in [4.78, 5) is 57.4. The van der Waals surface area contributed by atoms with Gasteiger partial charge < -0.3 is 0 Å². The molecular weight excluding hydrogens is 524 g/mol. The molecule has 42 heavy (non-hydrogen) atoms. The maximum absolute atomic E-state index is 13.8. The fourth-order valence-corrected chi connectivity index (χ4v) is 8.92. The van der Waals surface area contributed by atoms with Gasteiger partial charge in [0.15, 0.2) is 0 Å². The highest BCUT2D eigenvalue weighted by Crippen LogP contribution is 2.59. The number of carbonyl (C=O) groups is 4. The lowest BCUT2D eigenvalue weighted by Crippen LogP contribution is -2.39. The van der Waals surface area contributed by atoms with Crippen molar-refractivity contribution in [2.45, 2.75) is 39.5 Å². The number of hydrogen-bond acceptors (Lipinski definition) is 4. The number of fused-ring (bicyclic) bond motifs is 6. The van der Waals surface area contributed by atoms with Gasteiger partial charge in [0.2, 0.25) is 23.6 Å². The number of rotatable bonds is 9. The van der Waals surface area contributed by atoms with Crippen LogP contribution >= 0.6 is 0 Å². The number of allylic oxidation sites excluding steroid dienone is 8. The Balaban J connectivity index is 1.17. The number of likely N-dealkylation sites (tertiary alicyclic amines) is 2. The van der Waals surface area contributed by atoms with Gasteiger partial charge in [-0.05, 0) is 60.3 Å². The molecule has 10 atom stereocenters. The maximum Gasteiger partial charge on any atom is 0.234 e. The molecule has 0 N–H and O–H groups in total. The van der Waals surface area contributed by atoms with Crippen LogP contribution in [-0.2, 0) is 19.2 Å². The van der Waals surface area contributed by atoms with E-state index in [0.29, 0.717) is 0 Å². The highest BCUT2D eigenvalue weighted by Gasteiger charge is 2.62. The summed E-state index contributed by atoms with van der Waals surface area (Å²) in [6.45, 7) is 12.4. The Morgan fingerprint density at radius 1 is 0.905 bits per heavy atom. The highest BCUT2D eigenvalue weighted by atomic mass is 16.2. The standard InChI is InChI=1S/C36H42N2O4/c1-5-7-8-13-25-17-22(3)28-29(25)33(40)37(32(28)39)20-23-11-9-10-12-24(18-23)21-38-34(41)30-26-14-16-36(4,15-6-2)27(19-26)31(30)35(38)42/h5-6,8-14,16,18,22-23,25-31H,1-2,7,15,17,19-21H2,3-4H3/b13-8+. The first-order chi connectivity index (χ1) is 20.2. The summed E-state index contributed by atoms with van der Waals surface area (Å²) in [5.41, 5.74) is 0.685. The molecule has 2 bridgehead atoms. The van der Waals surface area contributed by atoms with E-state index in [1.54, 1.807) is 0 Å². The largest absolute Gasteiger partial charge is 0.281 e. The van der Waals surface area contributed by atoms with Crippen molar-refractivity contribution >= 4 is 23.6 Å². The van der Waals surface area contributed by atoms with Crippen LogP contribution in [0.1, 0.15) is 39.5 Å². The minimum atomic E-state index is -0.301. The molecule has 10 unspecified atom stereocenters. The molecule has 2 saturated heterocycles. The van der Waals surface area contributed by atoms with E-state index < -0.39 is 0 Å². The number of amides is 4. The van der Waals surface area contributed by atoms with Crippen LogP contribution in [0.25, 0.3) is 0 Å². The van der Waals surface area contributed by atoms with Crippen molar-refractivity contribution in [2.24, 2.45) is 58.7 Å². The van der Waals surface area contributed by atoms with Gasteiger partial charge in [-0.2, -0.15) is 0 Å². The zero-order valence-corrected chi connectivity index (χ0v) is 24.7. The van der Waals surface area contributed by atoms with Crippen molar-refractivity contribution in [3.63, 3.8) is 0 Å². The van der Waals surface area contributed by atoms with E-state index in [1.807, 2.05) is 48.6 Å². The third-order valence-electron chi connectivity index (χ3n) is 10.9. The molecule has 6 nitrogen and oxygen atoms in total. The SMILES string of the molecule is C=CC/C=C/C1CC(C)C2C(=O)N(CC3C=CC=CC(CN4C(=O)C5C6C=CC(C)(CC=C)C(C6)C5C4=O)=C3)C(=O)C12. The summed E-state index contributed by atoms with van der Waals surface area (Å²) < 4.78 is 0. The van der Waals surface area contributed by atoms with Gasteiger partial charge in [-0.25, -0.2) is 0 Å². The zero-order valence-electron chi connectivity index (χ0n) is 24.7. The molecular formula is C36H42N2O4. The first kappa shape index (κ1) is 28.6. The number of nitrogens with zero attached hydrogens (tertiary/aromatic N) is 2. The molecule has 0 spiro atoms. The van der Waals surface area contributed by atoms with E-state index in [9.17, 15) is 19.2 Å². The van der Waals surface area contributed by atoms with Crippen molar-refractivity contribution in [1.82, 2.24) is 9.80 Å². The Labute approximate surface area is 249 Å². The number of carbonyl (C=O) groups excluding carboxylic acids is 4. The lowest BCUT2D eigenvalue weighted by molar-refractivity contribution is -0.142. The second kappa shape index (κ2) is 10.9. The third kappa shape index (κ3) is 4.54. The zero-order chi connectivity index (χ0) is 29.8. The van der Waals surface area contributed by atoms with Crippen LogP contribution in [0.3, 0.4) is 0 Å².